The minimum atomic E-state index is -0.327. The van der Waals surface area contributed by atoms with Crippen molar-refractivity contribution in [2.75, 3.05) is 26.2 Å². The zero-order valence-corrected chi connectivity index (χ0v) is 14.1. The molecule has 5 heteroatoms. The third kappa shape index (κ3) is 5.84. The highest BCUT2D eigenvalue weighted by Crippen LogP contribution is 2.16. The topological polar surface area (TPSA) is 61.8 Å². The molecule has 2 atom stereocenters. The Bertz CT molecular complexity index is 490. The fourth-order valence-corrected chi connectivity index (χ4v) is 2.64. The van der Waals surface area contributed by atoms with Crippen molar-refractivity contribution in [3.63, 3.8) is 0 Å². The van der Waals surface area contributed by atoms with Crippen molar-refractivity contribution in [3.05, 3.63) is 29.8 Å². The number of carbonyl (C=O) groups is 1. The number of rotatable bonds is 7. The highest BCUT2D eigenvalue weighted by Gasteiger charge is 2.25. The lowest BCUT2D eigenvalue weighted by Gasteiger charge is -2.33. The number of hydrogen-bond donors (Lipinski definition) is 2. The molecule has 1 amide bonds. The lowest BCUT2D eigenvalue weighted by atomic mass is 9.96. The third-order valence-corrected chi connectivity index (χ3v) is 4.26. The van der Waals surface area contributed by atoms with Gasteiger partial charge in [-0.1, -0.05) is 26.0 Å². The number of aliphatic hydroxyl groups is 1. The van der Waals surface area contributed by atoms with Crippen LogP contribution in [0.2, 0.25) is 0 Å². The van der Waals surface area contributed by atoms with Gasteiger partial charge < -0.3 is 15.2 Å². The summed E-state index contributed by atoms with van der Waals surface area (Å²) in [7, 11) is 0. The molecule has 23 heavy (non-hydrogen) atoms. The average Bonchev–Trinajstić information content (AvgIpc) is 2.55. The summed E-state index contributed by atoms with van der Waals surface area (Å²) in [6, 6.07) is 7.80. The van der Waals surface area contributed by atoms with E-state index in [0.29, 0.717) is 25.6 Å². The normalized spacial score (nSPS) is 21.9. The van der Waals surface area contributed by atoms with E-state index in [0.717, 1.165) is 37.3 Å². The molecule has 1 aromatic carbocycles. The molecule has 1 heterocycles. The van der Waals surface area contributed by atoms with Crippen LogP contribution in [0.1, 0.15) is 32.3 Å². The summed E-state index contributed by atoms with van der Waals surface area (Å²) in [5.41, 5.74) is 1.05. The van der Waals surface area contributed by atoms with Crippen LogP contribution < -0.4 is 10.1 Å². The van der Waals surface area contributed by atoms with Gasteiger partial charge in [0.25, 0.3) is 0 Å². The van der Waals surface area contributed by atoms with E-state index in [1.807, 2.05) is 29.2 Å². The third-order valence-electron chi connectivity index (χ3n) is 4.26. The van der Waals surface area contributed by atoms with Crippen molar-refractivity contribution in [3.8, 4) is 5.75 Å². The van der Waals surface area contributed by atoms with Crippen LogP contribution in [-0.2, 0) is 11.3 Å². The van der Waals surface area contributed by atoms with Crippen LogP contribution in [0.25, 0.3) is 0 Å². The minimum Gasteiger partial charge on any atom is -0.494 e. The summed E-state index contributed by atoms with van der Waals surface area (Å²) in [6.07, 6.45) is 1.60. The van der Waals surface area contributed by atoms with Gasteiger partial charge in [-0.2, -0.15) is 0 Å². The van der Waals surface area contributed by atoms with Gasteiger partial charge in [-0.15, -0.1) is 0 Å². The van der Waals surface area contributed by atoms with Crippen LogP contribution in [0.5, 0.6) is 5.75 Å². The predicted octanol–water partition coefficient (Wildman–Crippen LogP) is 1.79. The zero-order valence-electron chi connectivity index (χ0n) is 14.1. The fraction of sp³-hybridized carbons (Fsp3) is 0.611. The molecule has 1 aliphatic rings. The molecule has 2 rings (SSSR count). The summed E-state index contributed by atoms with van der Waals surface area (Å²) >= 11 is 0. The first-order valence-electron chi connectivity index (χ1n) is 8.47. The van der Waals surface area contributed by atoms with E-state index < -0.39 is 0 Å². The second-order valence-electron chi connectivity index (χ2n) is 6.34. The van der Waals surface area contributed by atoms with Crippen molar-refractivity contribution in [2.24, 2.45) is 5.92 Å². The Kier molecular flexibility index (Phi) is 6.86. The Morgan fingerprint density at radius 1 is 1.39 bits per heavy atom. The summed E-state index contributed by atoms with van der Waals surface area (Å²) in [4.78, 5) is 14.0. The summed E-state index contributed by atoms with van der Waals surface area (Å²) < 4.78 is 5.54. The van der Waals surface area contributed by atoms with Gasteiger partial charge in [0.1, 0.15) is 5.75 Å². The minimum absolute atomic E-state index is 0.00179. The van der Waals surface area contributed by atoms with Crippen molar-refractivity contribution in [2.45, 2.75) is 39.3 Å². The van der Waals surface area contributed by atoms with E-state index in [1.54, 1.807) is 0 Å². The quantitative estimate of drug-likeness (QED) is 0.804. The molecular formula is C18H28N2O3. The summed E-state index contributed by atoms with van der Waals surface area (Å²) in [6.45, 7) is 7.16. The zero-order chi connectivity index (χ0) is 16.7. The van der Waals surface area contributed by atoms with Gasteiger partial charge in [0.05, 0.1) is 19.3 Å². The molecule has 0 aromatic heterocycles. The number of benzene rings is 1. The molecule has 0 radical (unpaired) electrons. The van der Waals surface area contributed by atoms with Gasteiger partial charge in [-0.05, 0) is 43.0 Å². The van der Waals surface area contributed by atoms with Crippen LogP contribution in [0, 0.1) is 5.92 Å². The maximum atomic E-state index is 12.0. The molecule has 0 saturated carbocycles. The van der Waals surface area contributed by atoms with Gasteiger partial charge in [0, 0.05) is 13.1 Å². The second-order valence-corrected chi connectivity index (χ2v) is 6.34. The first-order valence-corrected chi connectivity index (χ1v) is 8.47. The molecule has 1 fully saturated rings. The standard InChI is InChI=1S/C18H28N2O3/c1-3-10-23-16-6-4-15(5-7-16)11-19-18(22)13-20-9-8-14(2)17(21)12-20/h4-7,14,17,21H,3,8-13H2,1-2H3,(H,19,22). The summed E-state index contributed by atoms with van der Waals surface area (Å²) in [5.74, 6) is 1.18. The van der Waals surface area contributed by atoms with Crippen molar-refractivity contribution in [1.29, 1.82) is 0 Å². The number of nitrogens with zero attached hydrogens (tertiary/aromatic N) is 1. The van der Waals surface area contributed by atoms with Crippen molar-refractivity contribution in [1.82, 2.24) is 10.2 Å². The van der Waals surface area contributed by atoms with E-state index in [9.17, 15) is 9.90 Å². The largest absolute Gasteiger partial charge is 0.494 e. The van der Waals surface area contributed by atoms with E-state index in [-0.39, 0.29) is 12.0 Å². The maximum absolute atomic E-state index is 12.0. The Balaban J connectivity index is 1.71. The van der Waals surface area contributed by atoms with Crippen molar-refractivity contribution >= 4 is 5.91 Å². The highest BCUT2D eigenvalue weighted by atomic mass is 16.5. The van der Waals surface area contributed by atoms with Crippen LogP contribution in [0.4, 0.5) is 0 Å². The molecular weight excluding hydrogens is 292 g/mol. The van der Waals surface area contributed by atoms with Crippen LogP contribution in [0.3, 0.4) is 0 Å². The number of carbonyl (C=O) groups excluding carboxylic acids is 1. The Hall–Kier alpha value is -1.59. The van der Waals surface area contributed by atoms with Crippen LogP contribution >= 0.6 is 0 Å². The van der Waals surface area contributed by atoms with Gasteiger partial charge in [-0.3, -0.25) is 9.69 Å². The number of hydrogen-bond acceptors (Lipinski definition) is 4. The SMILES string of the molecule is CCCOc1ccc(CNC(=O)CN2CCC(C)C(O)C2)cc1. The lowest BCUT2D eigenvalue weighted by molar-refractivity contribution is -0.123. The summed E-state index contributed by atoms with van der Waals surface area (Å²) in [5, 5.41) is 12.8. The van der Waals surface area contributed by atoms with Crippen LogP contribution in [0.15, 0.2) is 24.3 Å². The van der Waals surface area contributed by atoms with Gasteiger partial charge >= 0.3 is 0 Å². The highest BCUT2D eigenvalue weighted by molar-refractivity contribution is 5.78. The predicted molar refractivity (Wildman–Crippen MR) is 90.3 cm³/mol. The maximum Gasteiger partial charge on any atom is 0.234 e. The van der Waals surface area contributed by atoms with E-state index in [1.165, 1.54) is 0 Å². The molecule has 0 aliphatic carbocycles. The first kappa shape index (κ1) is 17.8. The van der Waals surface area contributed by atoms with E-state index in [2.05, 4.69) is 19.2 Å². The molecule has 128 valence electrons. The Labute approximate surface area is 138 Å². The number of piperidine rings is 1. The number of likely N-dealkylation sites (tertiary alicyclic amines) is 1. The Morgan fingerprint density at radius 2 is 2.13 bits per heavy atom. The first-order chi connectivity index (χ1) is 11.1. The van der Waals surface area contributed by atoms with Gasteiger partial charge in [-0.25, -0.2) is 0 Å². The fourth-order valence-electron chi connectivity index (χ4n) is 2.64. The number of nitrogens with one attached hydrogen (secondary N) is 1. The molecule has 2 unspecified atom stereocenters. The average molecular weight is 320 g/mol. The molecule has 0 spiro atoms. The lowest BCUT2D eigenvalue weighted by Crippen LogP contribution is -2.46. The number of β-amino-alcohol motifs (C(OH)–C–C–N with tert-alkyl or cyclic N) is 1. The molecule has 5 nitrogen and oxygen atoms in total. The molecule has 1 aromatic rings. The second kappa shape index (κ2) is 8.89. The smallest absolute Gasteiger partial charge is 0.234 e. The van der Waals surface area contributed by atoms with Crippen molar-refractivity contribution < 1.29 is 14.6 Å². The molecule has 1 aliphatic heterocycles. The number of amides is 1. The van der Waals surface area contributed by atoms with E-state index in [4.69, 9.17) is 4.74 Å². The molecule has 2 N–H and O–H groups in total. The van der Waals surface area contributed by atoms with Gasteiger partial charge in [0.2, 0.25) is 5.91 Å². The number of ether oxygens (including phenoxy) is 1. The molecule has 0 bridgehead atoms. The van der Waals surface area contributed by atoms with Gasteiger partial charge in [0.15, 0.2) is 0 Å². The van der Waals surface area contributed by atoms with E-state index >= 15 is 0 Å². The van der Waals surface area contributed by atoms with Crippen LogP contribution in [-0.4, -0.2) is 48.3 Å². The number of aliphatic hydroxyl groups excluding tert-OH is 1. The molecule has 1 saturated heterocycles. The Morgan fingerprint density at radius 3 is 2.78 bits per heavy atom. The monoisotopic (exact) mass is 320 g/mol.